The molecule has 1 fully saturated rings. The summed E-state index contributed by atoms with van der Waals surface area (Å²) in [5.41, 5.74) is -0.433. The Kier molecular flexibility index (Phi) is 2.32. The third kappa shape index (κ3) is 1.66. The van der Waals surface area contributed by atoms with Crippen LogP contribution in [0.15, 0.2) is 0 Å². The van der Waals surface area contributed by atoms with E-state index in [-0.39, 0.29) is 12.1 Å². The zero-order valence-corrected chi connectivity index (χ0v) is 8.03. The Morgan fingerprint density at radius 3 is 2.31 bits per heavy atom. The Morgan fingerprint density at radius 1 is 1.46 bits per heavy atom. The van der Waals surface area contributed by atoms with Gasteiger partial charge in [0.2, 0.25) is 0 Å². The van der Waals surface area contributed by atoms with Crippen molar-refractivity contribution in [2.24, 2.45) is 11.3 Å². The van der Waals surface area contributed by atoms with Gasteiger partial charge in [-0.15, -0.1) is 0 Å². The molecule has 0 heterocycles. The summed E-state index contributed by atoms with van der Waals surface area (Å²) in [5, 5.41) is 8.78. The molecule has 2 atom stereocenters. The van der Waals surface area contributed by atoms with E-state index in [4.69, 9.17) is 9.84 Å². The number of rotatable bonds is 2. The van der Waals surface area contributed by atoms with Gasteiger partial charge < -0.3 is 9.84 Å². The maximum absolute atomic E-state index is 10.7. The number of hydrogen-bond acceptors (Lipinski definition) is 3. The van der Waals surface area contributed by atoms with Crippen LogP contribution in [0.1, 0.15) is 27.2 Å². The van der Waals surface area contributed by atoms with Crippen molar-refractivity contribution in [3.63, 3.8) is 0 Å². The minimum Gasteiger partial charge on any atom is -0.481 e. The lowest BCUT2D eigenvalue weighted by Gasteiger charge is -2.48. The first kappa shape index (κ1) is 10.0. The van der Waals surface area contributed by atoms with Crippen molar-refractivity contribution in [3.8, 4) is 0 Å². The molecule has 0 saturated heterocycles. The van der Waals surface area contributed by atoms with Gasteiger partial charge in [-0.3, -0.25) is 9.59 Å². The molecule has 0 bridgehead atoms. The molecule has 1 aliphatic rings. The first-order valence-electron chi connectivity index (χ1n) is 4.25. The van der Waals surface area contributed by atoms with Crippen LogP contribution >= 0.6 is 0 Å². The predicted molar refractivity (Wildman–Crippen MR) is 45.1 cm³/mol. The average Bonchev–Trinajstić information content (AvgIpc) is 1.96. The summed E-state index contributed by atoms with van der Waals surface area (Å²) in [4.78, 5) is 21.3. The van der Waals surface area contributed by atoms with Gasteiger partial charge in [0.25, 0.3) is 0 Å². The van der Waals surface area contributed by atoms with Crippen molar-refractivity contribution in [3.05, 3.63) is 0 Å². The van der Waals surface area contributed by atoms with Gasteiger partial charge in [0.1, 0.15) is 6.10 Å². The Hall–Kier alpha value is -1.06. The van der Waals surface area contributed by atoms with Crippen LogP contribution in [0.25, 0.3) is 0 Å². The number of carbonyl (C=O) groups excluding carboxylic acids is 1. The molecule has 4 nitrogen and oxygen atoms in total. The second kappa shape index (κ2) is 3.01. The number of esters is 1. The van der Waals surface area contributed by atoms with Gasteiger partial charge in [0, 0.05) is 12.3 Å². The summed E-state index contributed by atoms with van der Waals surface area (Å²) in [6.45, 7) is 4.95. The van der Waals surface area contributed by atoms with E-state index in [1.807, 2.05) is 13.8 Å². The lowest BCUT2D eigenvalue weighted by molar-refractivity contribution is -0.187. The van der Waals surface area contributed by atoms with Gasteiger partial charge in [0.05, 0.1) is 5.92 Å². The van der Waals surface area contributed by atoms with Crippen LogP contribution in [-0.4, -0.2) is 23.1 Å². The van der Waals surface area contributed by atoms with E-state index in [0.29, 0.717) is 6.42 Å². The number of carbonyl (C=O) groups is 2. The fraction of sp³-hybridized carbons (Fsp3) is 0.778. The topological polar surface area (TPSA) is 63.6 Å². The fourth-order valence-electron chi connectivity index (χ4n) is 1.70. The van der Waals surface area contributed by atoms with E-state index in [1.54, 1.807) is 0 Å². The summed E-state index contributed by atoms with van der Waals surface area (Å²) in [7, 11) is 0. The first-order valence-corrected chi connectivity index (χ1v) is 4.25. The summed E-state index contributed by atoms with van der Waals surface area (Å²) >= 11 is 0. The minimum atomic E-state index is -0.812. The number of aliphatic carboxylic acids is 1. The van der Waals surface area contributed by atoms with Gasteiger partial charge in [-0.05, 0) is 6.42 Å². The van der Waals surface area contributed by atoms with E-state index in [9.17, 15) is 9.59 Å². The molecule has 0 aromatic rings. The van der Waals surface area contributed by atoms with Crippen molar-refractivity contribution in [1.82, 2.24) is 0 Å². The SMILES string of the molecule is CC(=O)O[C@@H]1C[C@H](C(=O)O)C1(C)C. The van der Waals surface area contributed by atoms with Crippen molar-refractivity contribution in [2.45, 2.75) is 33.3 Å². The van der Waals surface area contributed by atoms with Gasteiger partial charge >= 0.3 is 11.9 Å². The summed E-state index contributed by atoms with van der Waals surface area (Å²) in [6.07, 6.45) is 0.188. The minimum absolute atomic E-state index is 0.244. The van der Waals surface area contributed by atoms with Crippen molar-refractivity contribution >= 4 is 11.9 Å². The highest BCUT2D eigenvalue weighted by molar-refractivity contribution is 5.73. The molecule has 0 aromatic carbocycles. The van der Waals surface area contributed by atoms with Crippen LogP contribution in [0, 0.1) is 11.3 Å². The number of carboxylic acid groups (broad SMARTS) is 1. The van der Waals surface area contributed by atoms with Crippen LogP contribution in [0.5, 0.6) is 0 Å². The molecule has 1 N–H and O–H groups in total. The largest absolute Gasteiger partial charge is 0.481 e. The molecule has 4 heteroatoms. The van der Waals surface area contributed by atoms with Crippen molar-refractivity contribution in [2.75, 3.05) is 0 Å². The maximum atomic E-state index is 10.7. The van der Waals surface area contributed by atoms with Crippen molar-refractivity contribution < 1.29 is 19.4 Å². The molecular formula is C9H14O4. The van der Waals surface area contributed by atoms with Crippen LogP contribution in [-0.2, 0) is 14.3 Å². The lowest BCUT2D eigenvalue weighted by Crippen LogP contribution is -2.54. The normalized spacial score (nSPS) is 30.4. The van der Waals surface area contributed by atoms with E-state index < -0.39 is 17.3 Å². The maximum Gasteiger partial charge on any atom is 0.307 e. The van der Waals surface area contributed by atoms with E-state index >= 15 is 0 Å². The average molecular weight is 186 g/mol. The van der Waals surface area contributed by atoms with Gasteiger partial charge in [-0.25, -0.2) is 0 Å². The monoisotopic (exact) mass is 186 g/mol. The highest BCUT2D eigenvalue weighted by atomic mass is 16.5. The van der Waals surface area contributed by atoms with E-state index in [1.165, 1.54) is 6.92 Å². The lowest BCUT2D eigenvalue weighted by atomic mass is 9.60. The molecule has 74 valence electrons. The van der Waals surface area contributed by atoms with Gasteiger partial charge in [-0.2, -0.15) is 0 Å². The summed E-state index contributed by atoms with van der Waals surface area (Å²) < 4.78 is 4.98. The van der Waals surface area contributed by atoms with E-state index in [2.05, 4.69) is 0 Å². The van der Waals surface area contributed by atoms with Crippen LogP contribution in [0.2, 0.25) is 0 Å². The number of ether oxygens (including phenoxy) is 1. The number of carboxylic acids is 1. The molecular weight excluding hydrogens is 172 g/mol. The Morgan fingerprint density at radius 2 is 2.00 bits per heavy atom. The molecule has 0 spiro atoms. The fourth-order valence-corrected chi connectivity index (χ4v) is 1.70. The zero-order chi connectivity index (χ0) is 10.2. The Bertz CT molecular complexity index is 244. The Labute approximate surface area is 76.9 Å². The third-order valence-electron chi connectivity index (χ3n) is 2.78. The summed E-state index contributed by atoms with van der Waals surface area (Å²) in [5.74, 6) is -1.55. The van der Waals surface area contributed by atoms with Crippen LogP contribution < -0.4 is 0 Å². The quantitative estimate of drug-likeness (QED) is 0.654. The van der Waals surface area contributed by atoms with Gasteiger partial charge in [0.15, 0.2) is 0 Å². The number of hydrogen-bond donors (Lipinski definition) is 1. The Balaban J connectivity index is 2.59. The third-order valence-corrected chi connectivity index (χ3v) is 2.78. The van der Waals surface area contributed by atoms with Crippen LogP contribution in [0.3, 0.4) is 0 Å². The molecule has 1 rings (SSSR count). The molecule has 0 aromatic heterocycles. The van der Waals surface area contributed by atoms with Gasteiger partial charge in [-0.1, -0.05) is 13.8 Å². The molecule has 0 unspecified atom stereocenters. The second-order valence-corrected chi connectivity index (χ2v) is 4.05. The predicted octanol–water partition coefficient (Wildman–Crippen LogP) is 1.05. The van der Waals surface area contributed by atoms with E-state index in [0.717, 1.165) is 0 Å². The molecule has 1 saturated carbocycles. The second-order valence-electron chi connectivity index (χ2n) is 4.05. The molecule has 0 aliphatic heterocycles. The highest BCUT2D eigenvalue weighted by Gasteiger charge is 2.54. The first-order chi connectivity index (χ1) is 5.85. The van der Waals surface area contributed by atoms with Crippen molar-refractivity contribution in [1.29, 1.82) is 0 Å². The molecule has 13 heavy (non-hydrogen) atoms. The molecule has 1 aliphatic carbocycles. The highest BCUT2D eigenvalue weighted by Crippen LogP contribution is 2.48. The standard InChI is InChI=1S/C9H14O4/c1-5(10)13-7-4-6(8(11)12)9(7,2)3/h6-7H,4H2,1-3H3,(H,11,12)/t6-,7-/m1/s1. The van der Waals surface area contributed by atoms with Crippen LogP contribution in [0.4, 0.5) is 0 Å². The smallest absolute Gasteiger partial charge is 0.307 e. The molecule has 0 radical (unpaired) electrons. The summed E-state index contributed by atoms with van der Waals surface area (Å²) in [6, 6.07) is 0. The zero-order valence-electron chi connectivity index (χ0n) is 8.03. The molecule has 0 amide bonds.